The second kappa shape index (κ2) is 10.8. The molecule has 0 atom stereocenters. The Kier molecular flexibility index (Phi) is 9.07. The van der Waals surface area contributed by atoms with Gasteiger partial charge in [0.2, 0.25) is 5.76 Å². The minimum absolute atomic E-state index is 0.248. The number of ether oxygens (including phenoxy) is 1. The van der Waals surface area contributed by atoms with Crippen molar-refractivity contribution in [2.24, 2.45) is 0 Å². The SMILES string of the molecule is CCCCCCCCc1ccc(O/C(C(=O)O)=C(\Cl)C=O)cc1. The van der Waals surface area contributed by atoms with Crippen molar-refractivity contribution in [3.63, 3.8) is 0 Å². The minimum atomic E-state index is -1.38. The van der Waals surface area contributed by atoms with Crippen molar-refractivity contribution in [3.8, 4) is 5.75 Å². The summed E-state index contributed by atoms with van der Waals surface area (Å²) in [4.78, 5) is 21.6. The molecule has 0 aliphatic carbocycles. The molecule has 1 N–H and O–H groups in total. The van der Waals surface area contributed by atoms with Crippen LogP contribution in [0.15, 0.2) is 35.1 Å². The molecule has 0 heterocycles. The van der Waals surface area contributed by atoms with Crippen LogP contribution in [0.2, 0.25) is 0 Å². The molecule has 126 valence electrons. The molecule has 1 aromatic carbocycles. The summed E-state index contributed by atoms with van der Waals surface area (Å²) in [7, 11) is 0. The first-order valence-electron chi connectivity index (χ1n) is 7.93. The number of aryl methyl sites for hydroxylation is 1. The first kappa shape index (κ1) is 19.2. The van der Waals surface area contributed by atoms with Gasteiger partial charge in [-0.15, -0.1) is 0 Å². The number of rotatable bonds is 11. The Labute approximate surface area is 142 Å². The second-order valence-electron chi connectivity index (χ2n) is 5.36. The zero-order chi connectivity index (χ0) is 17.1. The summed E-state index contributed by atoms with van der Waals surface area (Å²) >= 11 is 5.53. The van der Waals surface area contributed by atoms with Gasteiger partial charge in [0.15, 0.2) is 6.29 Å². The Morgan fingerprint density at radius 1 is 1.13 bits per heavy atom. The molecule has 1 rings (SSSR count). The first-order chi connectivity index (χ1) is 11.1. The number of hydrogen-bond acceptors (Lipinski definition) is 3. The lowest BCUT2D eigenvalue weighted by Gasteiger charge is -2.08. The molecule has 0 unspecified atom stereocenters. The largest absolute Gasteiger partial charge is 0.475 e. The van der Waals surface area contributed by atoms with Crippen molar-refractivity contribution in [1.82, 2.24) is 0 Å². The number of hydrogen-bond donors (Lipinski definition) is 1. The van der Waals surface area contributed by atoms with Crippen LogP contribution in [0.4, 0.5) is 0 Å². The molecule has 0 radical (unpaired) electrons. The van der Waals surface area contributed by atoms with Gasteiger partial charge in [-0.25, -0.2) is 4.79 Å². The lowest BCUT2D eigenvalue weighted by atomic mass is 10.0. The van der Waals surface area contributed by atoms with Crippen LogP contribution >= 0.6 is 11.6 Å². The van der Waals surface area contributed by atoms with Crippen LogP contribution in [0, 0.1) is 0 Å². The second-order valence-corrected chi connectivity index (χ2v) is 5.77. The zero-order valence-electron chi connectivity index (χ0n) is 13.4. The topological polar surface area (TPSA) is 63.6 Å². The standard InChI is InChI=1S/C18H23ClO4/c1-2-3-4-5-6-7-8-14-9-11-15(12-10-14)23-17(18(21)22)16(19)13-20/h9-13H,2-8H2,1H3,(H,21,22)/b17-16-. The summed E-state index contributed by atoms with van der Waals surface area (Å²) in [5.74, 6) is -1.60. The summed E-state index contributed by atoms with van der Waals surface area (Å²) in [5, 5.41) is 8.51. The molecule has 0 bridgehead atoms. The van der Waals surface area contributed by atoms with Gasteiger partial charge in [-0.05, 0) is 30.5 Å². The van der Waals surface area contributed by atoms with E-state index < -0.39 is 16.8 Å². The van der Waals surface area contributed by atoms with Crippen LogP contribution in [-0.4, -0.2) is 17.4 Å². The minimum Gasteiger partial charge on any atom is -0.475 e. The van der Waals surface area contributed by atoms with Crippen molar-refractivity contribution in [2.45, 2.75) is 51.9 Å². The molecular formula is C18H23ClO4. The van der Waals surface area contributed by atoms with Gasteiger partial charge in [0.25, 0.3) is 0 Å². The first-order valence-corrected chi connectivity index (χ1v) is 8.31. The summed E-state index contributed by atoms with van der Waals surface area (Å²) < 4.78 is 5.17. The monoisotopic (exact) mass is 338 g/mol. The van der Waals surface area contributed by atoms with E-state index in [0.717, 1.165) is 12.8 Å². The smallest absolute Gasteiger partial charge is 0.373 e. The Hall–Kier alpha value is -1.81. The van der Waals surface area contributed by atoms with Gasteiger partial charge in [0.05, 0.1) is 0 Å². The van der Waals surface area contributed by atoms with Gasteiger partial charge in [-0.3, -0.25) is 4.79 Å². The van der Waals surface area contributed by atoms with Crippen LogP contribution in [-0.2, 0) is 16.0 Å². The van der Waals surface area contributed by atoms with Crippen LogP contribution in [0.3, 0.4) is 0 Å². The Morgan fingerprint density at radius 2 is 1.74 bits per heavy atom. The molecule has 0 saturated heterocycles. The molecule has 1 aromatic rings. The fraction of sp³-hybridized carbons (Fsp3) is 0.444. The highest BCUT2D eigenvalue weighted by Gasteiger charge is 2.15. The average molecular weight is 339 g/mol. The number of carbonyl (C=O) groups is 2. The summed E-state index contributed by atoms with van der Waals surface area (Å²) in [6.45, 7) is 2.21. The van der Waals surface area contributed by atoms with Gasteiger partial charge in [-0.2, -0.15) is 0 Å². The van der Waals surface area contributed by atoms with Gasteiger partial charge in [-0.1, -0.05) is 62.8 Å². The van der Waals surface area contributed by atoms with Crippen LogP contribution in [0.25, 0.3) is 0 Å². The van der Waals surface area contributed by atoms with Crippen molar-refractivity contribution in [1.29, 1.82) is 0 Å². The molecule has 4 nitrogen and oxygen atoms in total. The molecule has 0 aliphatic rings. The lowest BCUT2D eigenvalue weighted by Crippen LogP contribution is -2.10. The highest BCUT2D eigenvalue weighted by Crippen LogP contribution is 2.19. The quantitative estimate of drug-likeness (QED) is 0.275. The highest BCUT2D eigenvalue weighted by molar-refractivity contribution is 6.40. The Bertz CT molecular complexity index is 534. The predicted molar refractivity (Wildman–Crippen MR) is 90.7 cm³/mol. The van der Waals surface area contributed by atoms with Crippen molar-refractivity contribution in [3.05, 3.63) is 40.6 Å². The third-order valence-electron chi connectivity index (χ3n) is 3.48. The summed E-state index contributed by atoms with van der Waals surface area (Å²) in [6.07, 6.45) is 8.72. The van der Waals surface area contributed by atoms with Gasteiger partial charge in [0, 0.05) is 0 Å². The van der Waals surface area contributed by atoms with Crippen molar-refractivity contribution >= 4 is 23.9 Å². The van der Waals surface area contributed by atoms with E-state index in [1.165, 1.54) is 37.7 Å². The number of carboxylic acid groups (broad SMARTS) is 1. The highest BCUT2D eigenvalue weighted by atomic mass is 35.5. The maximum absolute atomic E-state index is 11.0. The molecule has 0 spiro atoms. The lowest BCUT2D eigenvalue weighted by molar-refractivity contribution is -0.135. The number of unbranched alkanes of at least 4 members (excludes halogenated alkanes) is 5. The number of carboxylic acids is 1. The number of benzene rings is 1. The van der Waals surface area contributed by atoms with E-state index in [1.807, 2.05) is 12.1 Å². The van der Waals surface area contributed by atoms with E-state index in [-0.39, 0.29) is 6.29 Å². The van der Waals surface area contributed by atoms with E-state index >= 15 is 0 Å². The molecule has 0 aromatic heterocycles. The molecule has 23 heavy (non-hydrogen) atoms. The molecule has 0 saturated carbocycles. The fourth-order valence-electron chi connectivity index (χ4n) is 2.20. The number of allylic oxidation sites excluding steroid dienone is 1. The normalized spacial score (nSPS) is 11.7. The Balaban J connectivity index is 2.50. The average Bonchev–Trinajstić information content (AvgIpc) is 2.56. The van der Waals surface area contributed by atoms with E-state index in [1.54, 1.807) is 12.1 Å². The van der Waals surface area contributed by atoms with Gasteiger partial charge < -0.3 is 9.84 Å². The van der Waals surface area contributed by atoms with Gasteiger partial charge in [0.1, 0.15) is 10.8 Å². The van der Waals surface area contributed by atoms with E-state index in [9.17, 15) is 9.59 Å². The summed E-state index contributed by atoms with van der Waals surface area (Å²) in [5.41, 5.74) is 1.18. The summed E-state index contributed by atoms with van der Waals surface area (Å²) in [6, 6.07) is 7.17. The third kappa shape index (κ3) is 7.33. The van der Waals surface area contributed by atoms with Crippen LogP contribution < -0.4 is 4.74 Å². The zero-order valence-corrected chi connectivity index (χ0v) is 14.1. The fourth-order valence-corrected chi connectivity index (χ4v) is 2.32. The maximum Gasteiger partial charge on any atom is 0.373 e. The van der Waals surface area contributed by atoms with Crippen molar-refractivity contribution < 1.29 is 19.4 Å². The van der Waals surface area contributed by atoms with Gasteiger partial charge >= 0.3 is 5.97 Å². The van der Waals surface area contributed by atoms with Crippen molar-refractivity contribution in [2.75, 3.05) is 0 Å². The third-order valence-corrected chi connectivity index (χ3v) is 3.74. The molecule has 5 heteroatoms. The maximum atomic E-state index is 11.0. The molecule has 0 fully saturated rings. The number of halogens is 1. The van der Waals surface area contributed by atoms with E-state index in [2.05, 4.69) is 6.92 Å². The number of aliphatic carboxylic acids is 1. The van der Waals surface area contributed by atoms with Crippen LogP contribution in [0.1, 0.15) is 51.0 Å². The van der Waals surface area contributed by atoms with E-state index in [4.69, 9.17) is 21.4 Å². The Morgan fingerprint density at radius 3 is 2.30 bits per heavy atom. The number of aldehydes is 1. The van der Waals surface area contributed by atoms with E-state index in [0.29, 0.717) is 5.75 Å². The predicted octanol–water partition coefficient (Wildman–Crippen LogP) is 4.70. The molecule has 0 amide bonds. The molecule has 0 aliphatic heterocycles. The molecular weight excluding hydrogens is 316 g/mol. The number of carbonyl (C=O) groups excluding carboxylic acids is 1. The van der Waals surface area contributed by atoms with Crippen LogP contribution in [0.5, 0.6) is 5.75 Å².